The molecule has 0 fully saturated rings. The molecule has 0 radical (unpaired) electrons. The summed E-state index contributed by atoms with van der Waals surface area (Å²) in [7, 11) is 0. The number of allylic oxidation sites excluding steroid dienone is 1. The number of halogens is 1. The Balaban J connectivity index is 2.14. The molecule has 2 aromatic rings. The number of pyridine rings is 1. The van der Waals surface area contributed by atoms with E-state index in [0.717, 1.165) is 16.8 Å². The van der Waals surface area contributed by atoms with Crippen molar-refractivity contribution in [2.45, 2.75) is 13.3 Å². The maximum Gasteiger partial charge on any atom is 0.123 e. The van der Waals surface area contributed by atoms with Crippen LogP contribution < -0.4 is 5.73 Å². The number of nitrogens with two attached hydrogens (primary N) is 1. The highest BCUT2D eigenvalue weighted by Gasteiger charge is 2.04. The Bertz CT molecular complexity index is 645. The van der Waals surface area contributed by atoms with Crippen molar-refractivity contribution in [1.29, 1.82) is 5.41 Å². The number of hydrogen-bond donors (Lipinski definition) is 2. The van der Waals surface area contributed by atoms with Crippen LogP contribution in [0.1, 0.15) is 22.4 Å². The van der Waals surface area contributed by atoms with Crippen LogP contribution in [0.4, 0.5) is 4.39 Å². The molecule has 0 saturated heterocycles. The molecule has 3 nitrogen and oxygen atoms in total. The third-order valence-corrected chi connectivity index (χ3v) is 3.08. The Kier molecular flexibility index (Phi) is 4.25. The first-order chi connectivity index (χ1) is 9.58. The summed E-state index contributed by atoms with van der Waals surface area (Å²) >= 11 is 0. The molecule has 1 aromatic carbocycles. The summed E-state index contributed by atoms with van der Waals surface area (Å²) in [5.41, 5.74) is 8.92. The highest BCUT2D eigenvalue weighted by Crippen LogP contribution is 2.13. The van der Waals surface area contributed by atoms with Gasteiger partial charge in [0.25, 0.3) is 0 Å². The van der Waals surface area contributed by atoms with Crippen molar-refractivity contribution < 1.29 is 4.39 Å². The van der Waals surface area contributed by atoms with E-state index in [1.807, 2.05) is 19.1 Å². The Hall–Kier alpha value is -2.49. The standard InChI is InChI=1S/C16H16FN3/c1-11-14(16(18)19)9-10-20-15(11)4-2-3-12-5-7-13(17)8-6-12/h2,4-10H,3H2,1H3,(H3,18,19)/b4-2+. The second-order valence-electron chi connectivity index (χ2n) is 4.52. The fourth-order valence-corrected chi connectivity index (χ4v) is 1.94. The first-order valence-corrected chi connectivity index (χ1v) is 6.29. The fraction of sp³-hybridized carbons (Fsp3) is 0.125. The first-order valence-electron chi connectivity index (χ1n) is 6.29. The number of benzene rings is 1. The van der Waals surface area contributed by atoms with Crippen molar-refractivity contribution in [3.63, 3.8) is 0 Å². The summed E-state index contributed by atoms with van der Waals surface area (Å²) in [6.45, 7) is 1.89. The molecular formula is C16H16FN3. The Labute approximate surface area is 117 Å². The number of amidine groups is 1. The highest BCUT2D eigenvalue weighted by molar-refractivity contribution is 5.96. The van der Waals surface area contributed by atoms with E-state index in [4.69, 9.17) is 11.1 Å². The summed E-state index contributed by atoms with van der Waals surface area (Å²) in [5.74, 6) is -0.192. The molecule has 102 valence electrons. The van der Waals surface area contributed by atoms with Crippen LogP contribution in [0.25, 0.3) is 6.08 Å². The van der Waals surface area contributed by atoms with Gasteiger partial charge in [0.1, 0.15) is 11.7 Å². The summed E-state index contributed by atoms with van der Waals surface area (Å²) in [4.78, 5) is 4.27. The lowest BCUT2D eigenvalue weighted by molar-refractivity contribution is 0.627. The average molecular weight is 269 g/mol. The van der Waals surface area contributed by atoms with E-state index in [-0.39, 0.29) is 11.7 Å². The van der Waals surface area contributed by atoms with E-state index in [1.165, 1.54) is 12.1 Å². The van der Waals surface area contributed by atoms with Crippen LogP contribution in [-0.4, -0.2) is 10.8 Å². The van der Waals surface area contributed by atoms with Crippen LogP contribution in [0.3, 0.4) is 0 Å². The van der Waals surface area contributed by atoms with Crippen molar-refractivity contribution in [2.24, 2.45) is 5.73 Å². The lowest BCUT2D eigenvalue weighted by Gasteiger charge is -2.05. The molecule has 0 amide bonds. The van der Waals surface area contributed by atoms with E-state index in [9.17, 15) is 4.39 Å². The summed E-state index contributed by atoms with van der Waals surface area (Å²) < 4.78 is 12.8. The largest absolute Gasteiger partial charge is 0.384 e. The first kappa shape index (κ1) is 13.9. The number of nitrogens with zero attached hydrogens (tertiary/aromatic N) is 1. The van der Waals surface area contributed by atoms with Crippen molar-refractivity contribution in [3.05, 3.63) is 70.8 Å². The summed E-state index contributed by atoms with van der Waals surface area (Å²) in [6, 6.07) is 8.14. The molecule has 0 unspecified atom stereocenters. The van der Waals surface area contributed by atoms with Crippen LogP contribution in [0.5, 0.6) is 0 Å². The monoisotopic (exact) mass is 269 g/mol. The molecule has 0 atom stereocenters. The van der Waals surface area contributed by atoms with Crippen molar-refractivity contribution in [1.82, 2.24) is 4.98 Å². The number of nitrogen functional groups attached to an aromatic ring is 1. The summed E-state index contributed by atoms with van der Waals surface area (Å²) in [6.07, 6.45) is 6.20. The minimum absolute atomic E-state index is 0.0399. The molecule has 0 aliphatic carbocycles. The minimum Gasteiger partial charge on any atom is -0.384 e. The van der Waals surface area contributed by atoms with E-state index >= 15 is 0 Å². The second kappa shape index (κ2) is 6.10. The van der Waals surface area contributed by atoms with Gasteiger partial charge < -0.3 is 5.73 Å². The van der Waals surface area contributed by atoms with Gasteiger partial charge in [-0.3, -0.25) is 10.4 Å². The van der Waals surface area contributed by atoms with Crippen LogP contribution in [-0.2, 0) is 6.42 Å². The van der Waals surface area contributed by atoms with Gasteiger partial charge in [0.15, 0.2) is 0 Å². The molecule has 1 aromatic heterocycles. The van der Waals surface area contributed by atoms with Crippen molar-refractivity contribution in [3.8, 4) is 0 Å². The van der Waals surface area contributed by atoms with Crippen LogP contribution >= 0.6 is 0 Å². The van der Waals surface area contributed by atoms with Gasteiger partial charge in [-0.25, -0.2) is 4.39 Å². The van der Waals surface area contributed by atoms with Crippen LogP contribution in [0.15, 0.2) is 42.6 Å². The molecule has 0 aliphatic heterocycles. The van der Waals surface area contributed by atoms with E-state index in [1.54, 1.807) is 24.4 Å². The zero-order valence-electron chi connectivity index (χ0n) is 11.2. The van der Waals surface area contributed by atoms with Gasteiger partial charge in [-0.2, -0.15) is 0 Å². The smallest absolute Gasteiger partial charge is 0.123 e. The number of aromatic nitrogens is 1. The predicted molar refractivity (Wildman–Crippen MR) is 79.1 cm³/mol. The minimum atomic E-state index is -0.232. The molecule has 3 N–H and O–H groups in total. The number of rotatable bonds is 4. The van der Waals surface area contributed by atoms with E-state index < -0.39 is 0 Å². The Morgan fingerprint density at radius 3 is 2.65 bits per heavy atom. The average Bonchev–Trinajstić information content (AvgIpc) is 2.42. The van der Waals surface area contributed by atoms with Gasteiger partial charge in [-0.15, -0.1) is 0 Å². The van der Waals surface area contributed by atoms with Gasteiger partial charge in [0.2, 0.25) is 0 Å². The third-order valence-electron chi connectivity index (χ3n) is 3.08. The van der Waals surface area contributed by atoms with Gasteiger partial charge in [0, 0.05) is 11.8 Å². The SMILES string of the molecule is Cc1c(C(=N)N)ccnc1/C=C/Cc1ccc(F)cc1. The van der Waals surface area contributed by atoms with Gasteiger partial charge in [0.05, 0.1) is 5.69 Å². The molecule has 2 rings (SSSR count). The summed E-state index contributed by atoms with van der Waals surface area (Å²) in [5, 5.41) is 7.49. The van der Waals surface area contributed by atoms with Crippen molar-refractivity contribution in [2.75, 3.05) is 0 Å². The maximum atomic E-state index is 12.8. The quantitative estimate of drug-likeness (QED) is 0.662. The van der Waals surface area contributed by atoms with Crippen molar-refractivity contribution >= 4 is 11.9 Å². The van der Waals surface area contributed by atoms with E-state index in [2.05, 4.69) is 4.98 Å². The topological polar surface area (TPSA) is 62.8 Å². The zero-order valence-corrected chi connectivity index (χ0v) is 11.2. The van der Waals surface area contributed by atoms with Gasteiger partial charge in [-0.1, -0.05) is 18.2 Å². The van der Waals surface area contributed by atoms with Gasteiger partial charge in [-0.05, 0) is 48.7 Å². The van der Waals surface area contributed by atoms with E-state index in [0.29, 0.717) is 12.0 Å². The highest BCUT2D eigenvalue weighted by atomic mass is 19.1. The zero-order chi connectivity index (χ0) is 14.5. The molecular weight excluding hydrogens is 253 g/mol. The normalized spacial score (nSPS) is 10.9. The third kappa shape index (κ3) is 3.29. The maximum absolute atomic E-state index is 12.8. The second-order valence-corrected chi connectivity index (χ2v) is 4.52. The Morgan fingerprint density at radius 1 is 1.30 bits per heavy atom. The lowest BCUT2D eigenvalue weighted by atomic mass is 10.1. The molecule has 4 heteroatoms. The lowest BCUT2D eigenvalue weighted by Crippen LogP contribution is -2.13. The predicted octanol–water partition coefficient (Wildman–Crippen LogP) is 3.07. The molecule has 1 heterocycles. The van der Waals surface area contributed by atoms with Crippen LogP contribution in [0.2, 0.25) is 0 Å². The Morgan fingerprint density at radius 2 is 2.00 bits per heavy atom. The number of nitrogens with one attached hydrogen (secondary N) is 1. The fourth-order valence-electron chi connectivity index (χ4n) is 1.94. The molecule has 0 bridgehead atoms. The molecule has 0 saturated carbocycles. The van der Waals surface area contributed by atoms with Gasteiger partial charge >= 0.3 is 0 Å². The number of hydrogen-bond acceptors (Lipinski definition) is 2. The molecule has 0 aliphatic rings. The molecule has 20 heavy (non-hydrogen) atoms. The molecule has 0 spiro atoms. The van der Waals surface area contributed by atoms with Crippen LogP contribution in [0, 0.1) is 18.2 Å².